The average molecular weight is 297 g/mol. The van der Waals surface area contributed by atoms with Gasteiger partial charge in [0.25, 0.3) is 0 Å². The molecule has 0 bridgehead atoms. The standard InChI is InChI=1S/C14H26F3NS/c1-3-4-11-5-6-13(10-18-2)12(9-11)7-8-19-14(15,16)17/h11-13,18H,3-10H2,1-2H3. The molecule has 1 fully saturated rings. The summed E-state index contributed by atoms with van der Waals surface area (Å²) >= 11 is 0.142. The van der Waals surface area contributed by atoms with Gasteiger partial charge in [0, 0.05) is 5.75 Å². The van der Waals surface area contributed by atoms with Gasteiger partial charge in [0.15, 0.2) is 0 Å². The zero-order chi connectivity index (χ0) is 14.3. The van der Waals surface area contributed by atoms with Crippen LogP contribution in [-0.4, -0.2) is 24.9 Å². The maximum absolute atomic E-state index is 12.2. The summed E-state index contributed by atoms with van der Waals surface area (Å²) in [6.07, 6.45) is 6.67. The SMILES string of the molecule is CCCC1CCC(CNC)C(CCSC(F)(F)F)C1. The molecule has 0 heterocycles. The summed E-state index contributed by atoms with van der Waals surface area (Å²) in [7, 11) is 1.93. The molecule has 114 valence electrons. The number of nitrogens with one attached hydrogen (secondary N) is 1. The van der Waals surface area contributed by atoms with Crippen molar-refractivity contribution in [2.75, 3.05) is 19.3 Å². The Morgan fingerprint density at radius 1 is 1.16 bits per heavy atom. The Kier molecular flexibility index (Phi) is 7.58. The third kappa shape index (κ3) is 6.89. The highest BCUT2D eigenvalue weighted by Gasteiger charge is 2.32. The van der Waals surface area contributed by atoms with Crippen molar-refractivity contribution in [2.45, 2.75) is 51.0 Å². The normalized spacial score (nSPS) is 28.6. The third-order valence-corrected chi connectivity index (χ3v) is 4.93. The first-order valence-corrected chi connectivity index (χ1v) is 8.30. The molecule has 0 amide bonds. The van der Waals surface area contributed by atoms with Crippen LogP contribution >= 0.6 is 11.8 Å². The smallest absolute Gasteiger partial charge is 0.319 e. The van der Waals surface area contributed by atoms with Crippen LogP contribution in [0.4, 0.5) is 13.2 Å². The van der Waals surface area contributed by atoms with Crippen LogP contribution in [-0.2, 0) is 0 Å². The van der Waals surface area contributed by atoms with Gasteiger partial charge >= 0.3 is 5.51 Å². The van der Waals surface area contributed by atoms with E-state index in [4.69, 9.17) is 0 Å². The molecule has 1 N–H and O–H groups in total. The monoisotopic (exact) mass is 297 g/mol. The van der Waals surface area contributed by atoms with Crippen LogP contribution in [0.15, 0.2) is 0 Å². The van der Waals surface area contributed by atoms with E-state index < -0.39 is 5.51 Å². The maximum atomic E-state index is 12.2. The van der Waals surface area contributed by atoms with Crippen LogP contribution in [0.2, 0.25) is 0 Å². The molecule has 3 atom stereocenters. The van der Waals surface area contributed by atoms with E-state index in [1.807, 2.05) is 7.05 Å². The molecule has 0 aliphatic heterocycles. The predicted octanol–water partition coefficient (Wildman–Crippen LogP) is 4.68. The third-order valence-electron chi connectivity index (χ3n) is 4.17. The van der Waals surface area contributed by atoms with E-state index in [1.165, 1.54) is 25.7 Å². The quantitative estimate of drug-likeness (QED) is 0.732. The molecule has 0 aromatic rings. The molecule has 1 nitrogen and oxygen atoms in total. The zero-order valence-electron chi connectivity index (χ0n) is 11.9. The molecule has 19 heavy (non-hydrogen) atoms. The number of rotatable bonds is 7. The Morgan fingerprint density at radius 2 is 1.89 bits per heavy atom. The van der Waals surface area contributed by atoms with Gasteiger partial charge in [0.05, 0.1) is 0 Å². The first-order valence-electron chi connectivity index (χ1n) is 7.31. The molecule has 5 heteroatoms. The Labute approximate surface area is 119 Å². The molecule has 1 aliphatic carbocycles. The van der Waals surface area contributed by atoms with Gasteiger partial charge in [-0.05, 0) is 50.6 Å². The highest BCUT2D eigenvalue weighted by Crippen LogP contribution is 2.39. The van der Waals surface area contributed by atoms with Gasteiger partial charge < -0.3 is 5.32 Å². The second-order valence-corrected chi connectivity index (χ2v) is 6.79. The van der Waals surface area contributed by atoms with Crippen molar-refractivity contribution in [2.24, 2.45) is 17.8 Å². The topological polar surface area (TPSA) is 12.0 Å². The Hall–Kier alpha value is 0.100. The number of hydrogen-bond donors (Lipinski definition) is 1. The zero-order valence-corrected chi connectivity index (χ0v) is 12.7. The van der Waals surface area contributed by atoms with Gasteiger partial charge in [0.2, 0.25) is 0 Å². The minimum atomic E-state index is -4.07. The van der Waals surface area contributed by atoms with Gasteiger partial charge in [-0.1, -0.05) is 37.9 Å². The lowest BCUT2D eigenvalue weighted by atomic mass is 9.71. The minimum Gasteiger partial charge on any atom is -0.319 e. The van der Waals surface area contributed by atoms with Crippen LogP contribution in [0.3, 0.4) is 0 Å². The fourth-order valence-electron chi connectivity index (χ4n) is 3.30. The van der Waals surface area contributed by atoms with Crippen molar-refractivity contribution < 1.29 is 13.2 Å². The lowest BCUT2D eigenvalue weighted by Gasteiger charge is -2.36. The average Bonchev–Trinajstić information content (AvgIpc) is 2.31. The molecule has 0 aromatic heterocycles. The van der Waals surface area contributed by atoms with Crippen LogP contribution in [0.1, 0.15) is 45.4 Å². The molecule has 0 radical (unpaired) electrons. The molecule has 0 saturated heterocycles. The fraction of sp³-hybridized carbons (Fsp3) is 1.00. The summed E-state index contributed by atoms with van der Waals surface area (Å²) in [6.45, 7) is 3.13. The van der Waals surface area contributed by atoms with Crippen molar-refractivity contribution in [3.05, 3.63) is 0 Å². The maximum Gasteiger partial charge on any atom is 0.441 e. The largest absolute Gasteiger partial charge is 0.441 e. The van der Waals surface area contributed by atoms with E-state index >= 15 is 0 Å². The van der Waals surface area contributed by atoms with E-state index in [0.29, 0.717) is 18.3 Å². The summed E-state index contributed by atoms with van der Waals surface area (Å²) < 4.78 is 36.6. The molecule has 1 saturated carbocycles. The van der Waals surface area contributed by atoms with Crippen LogP contribution in [0.5, 0.6) is 0 Å². The summed E-state index contributed by atoms with van der Waals surface area (Å²) in [5.74, 6) is 1.98. The van der Waals surface area contributed by atoms with Crippen molar-refractivity contribution in [1.82, 2.24) is 5.32 Å². The van der Waals surface area contributed by atoms with Crippen LogP contribution in [0.25, 0.3) is 0 Å². The van der Waals surface area contributed by atoms with Gasteiger partial charge in [-0.25, -0.2) is 0 Å². The molecular formula is C14H26F3NS. The summed E-state index contributed by atoms with van der Waals surface area (Å²) in [5.41, 5.74) is -4.07. The first kappa shape index (κ1) is 17.2. The first-order chi connectivity index (χ1) is 8.96. The number of halogens is 3. The van der Waals surface area contributed by atoms with Gasteiger partial charge in [-0.3, -0.25) is 0 Å². The Balaban J connectivity index is 2.42. The van der Waals surface area contributed by atoms with E-state index in [-0.39, 0.29) is 17.5 Å². The lowest BCUT2D eigenvalue weighted by molar-refractivity contribution is -0.0329. The Bertz CT molecular complexity index is 245. The molecule has 3 unspecified atom stereocenters. The van der Waals surface area contributed by atoms with Crippen molar-refractivity contribution in [3.8, 4) is 0 Å². The van der Waals surface area contributed by atoms with E-state index in [9.17, 15) is 13.2 Å². The number of alkyl halides is 3. The van der Waals surface area contributed by atoms with E-state index in [0.717, 1.165) is 18.9 Å². The molecule has 1 rings (SSSR count). The van der Waals surface area contributed by atoms with Crippen LogP contribution in [0, 0.1) is 17.8 Å². The van der Waals surface area contributed by atoms with Crippen molar-refractivity contribution in [3.63, 3.8) is 0 Å². The lowest BCUT2D eigenvalue weighted by Crippen LogP contribution is -2.32. The fourth-order valence-corrected chi connectivity index (χ4v) is 3.96. The van der Waals surface area contributed by atoms with Crippen molar-refractivity contribution in [1.29, 1.82) is 0 Å². The minimum absolute atomic E-state index is 0.142. The predicted molar refractivity (Wildman–Crippen MR) is 76.3 cm³/mol. The van der Waals surface area contributed by atoms with Gasteiger partial charge in [-0.2, -0.15) is 13.2 Å². The summed E-state index contributed by atoms with van der Waals surface area (Å²) in [5, 5.41) is 3.19. The highest BCUT2D eigenvalue weighted by molar-refractivity contribution is 8.00. The van der Waals surface area contributed by atoms with Gasteiger partial charge in [-0.15, -0.1) is 0 Å². The molecule has 0 spiro atoms. The van der Waals surface area contributed by atoms with E-state index in [1.54, 1.807) is 0 Å². The second kappa shape index (κ2) is 8.40. The van der Waals surface area contributed by atoms with Crippen LogP contribution < -0.4 is 5.32 Å². The molecular weight excluding hydrogens is 271 g/mol. The second-order valence-electron chi connectivity index (χ2n) is 5.63. The summed E-state index contributed by atoms with van der Waals surface area (Å²) in [6, 6.07) is 0. The van der Waals surface area contributed by atoms with E-state index in [2.05, 4.69) is 12.2 Å². The summed E-state index contributed by atoms with van der Waals surface area (Å²) in [4.78, 5) is 0. The highest BCUT2D eigenvalue weighted by atomic mass is 32.2. The molecule has 0 aromatic carbocycles. The Morgan fingerprint density at radius 3 is 2.47 bits per heavy atom. The van der Waals surface area contributed by atoms with Gasteiger partial charge in [0.1, 0.15) is 0 Å². The van der Waals surface area contributed by atoms with Crippen molar-refractivity contribution >= 4 is 11.8 Å². The molecule has 1 aliphatic rings. The number of hydrogen-bond acceptors (Lipinski definition) is 2. The number of thioether (sulfide) groups is 1.